The number of unbranched alkanes of at least 4 members (excludes halogenated alkanes) is 4. The van der Waals surface area contributed by atoms with Crippen molar-refractivity contribution in [1.82, 2.24) is 0 Å². The molecule has 0 atom stereocenters. The molecule has 0 bridgehead atoms. The predicted molar refractivity (Wildman–Crippen MR) is 89.2 cm³/mol. The van der Waals surface area contributed by atoms with Crippen molar-refractivity contribution < 1.29 is 17.7 Å². The number of hydrogen-bond acceptors (Lipinski definition) is 4. The van der Waals surface area contributed by atoms with Gasteiger partial charge in [0.25, 0.3) is 0 Å². The Morgan fingerprint density at radius 2 is 0.714 bits per heavy atom. The van der Waals surface area contributed by atoms with Gasteiger partial charge in [0.15, 0.2) is 0 Å². The van der Waals surface area contributed by atoms with Crippen LogP contribution in [0.5, 0.6) is 0 Å². The second kappa shape index (κ2) is 15.0. The first kappa shape index (κ1) is 21.1. The van der Waals surface area contributed by atoms with Gasteiger partial charge in [-0.15, -0.1) is 0 Å². The first-order chi connectivity index (χ1) is 10.2. The molecule has 0 radical (unpaired) electrons. The van der Waals surface area contributed by atoms with Crippen molar-refractivity contribution in [3.05, 3.63) is 0 Å². The highest BCUT2D eigenvalue weighted by atomic mass is 28.4. The SMILES string of the molecule is CCCCO[Si](OCCCC)(OCCCC)OCCCC. The maximum Gasteiger partial charge on any atom is 0.679 e. The summed E-state index contributed by atoms with van der Waals surface area (Å²) in [6, 6.07) is 0. The zero-order valence-corrected chi connectivity index (χ0v) is 15.6. The molecule has 5 heteroatoms. The standard InChI is InChI=1S/C16H36O4Si/c1-5-9-13-17-21(18-14-10-6-2,19-15-11-7-3)20-16-12-8-4/h5-16H2,1-4H3. The van der Waals surface area contributed by atoms with Crippen LogP contribution in [0.2, 0.25) is 0 Å². The van der Waals surface area contributed by atoms with E-state index >= 15 is 0 Å². The first-order valence-corrected chi connectivity index (χ1v) is 10.4. The molecule has 4 nitrogen and oxygen atoms in total. The molecule has 0 rings (SSSR count). The van der Waals surface area contributed by atoms with E-state index in [2.05, 4.69) is 27.7 Å². The van der Waals surface area contributed by atoms with Crippen molar-refractivity contribution in [2.75, 3.05) is 26.4 Å². The lowest BCUT2D eigenvalue weighted by Crippen LogP contribution is -2.50. The lowest BCUT2D eigenvalue weighted by Gasteiger charge is -2.28. The molecule has 21 heavy (non-hydrogen) atoms. The normalized spacial score (nSPS) is 12.0. The fourth-order valence-corrected chi connectivity index (χ4v) is 3.69. The monoisotopic (exact) mass is 320 g/mol. The fraction of sp³-hybridized carbons (Fsp3) is 1.00. The maximum atomic E-state index is 5.98. The minimum atomic E-state index is -2.94. The van der Waals surface area contributed by atoms with E-state index in [1.807, 2.05) is 0 Å². The van der Waals surface area contributed by atoms with E-state index in [9.17, 15) is 0 Å². The minimum Gasteiger partial charge on any atom is -0.351 e. The van der Waals surface area contributed by atoms with Crippen molar-refractivity contribution in [3.63, 3.8) is 0 Å². The van der Waals surface area contributed by atoms with Crippen molar-refractivity contribution in [1.29, 1.82) is 0 Å². The van der Waals surface area contributed by atoms with E-state index in [1.54, 1.807) is 0 Å². The van der Waals surface area contributed by atoms with E-state index in [-0.39, 0.29) is 0 Å². The lowest BCUT2D eigenvalue weighted by molar-refractivity contribution is -0.0368. The highest BCUT2D eigenvalue weighted by Crippen LogP contribution is 2.15. The summed E-state index contributed by atoms with van der Waals surface area (Å²) < 4.78 is 23.9. The Morgan fingerprint density at radius 3 is 0.905 bits per heavy atom. The average Bonchev–Trinajstić information content (AvgIpc) is 2.48. The molecule has 0 aliphatic heterocycles. The topological polar surface area (TPSA) is 36.9 Å². The van der Waals surface area contributed by atoms with Crippen LogP contribution in [-0.2, 0) is 17.7 Å². The smallest absolute Gasteiger partial charge is 0.351 e. The number of hydrogen-bond donors (Lipinski definition) is 0. The summed E-state index contributed by atoms with van der Waals surface area (Å²) in [6.45, 7) is 11.3. The van der Waals surface area contributed by atoms with E-state index in [1.165, 1.54) is 0 Å². The van der Waals surface area contributed by atoms with Crippen LogP contribution >= 0.6 is 0 Å². The quantitative estimate of drug-likeness (QED) is 0.305. The van der Waals surface area contributed by atoms with E-state index in [0.29, 0.717) is 26.4 Å². The van der Waals surface area contributed by atoms with Gasteiger partial charge in [-0.3, -0.25) is 0 Å². The molecule has 0 spiro atoms. The van der Waals surface area contributed by atoms with E-state index in [4.69, 9.17) is 17.7 Å². The minimum absolute atomic E-state index is 0.660. The highest BCUT2D eigenvalue weighted by molar-refractivity contribution is 6.53. The lowest BCUT2D eigenvalue weighted by atomic mass is 10.4. The Bertz CT molecular complexity index is 169. The Hall–Kier alpha value is 0.0569. The van der Waals surface area contributed by atoms with Crippen LogP contribution < -0.4 is 0 Å². The Morgan fingerprint density at radius 1 is 0.476 bits per heavy atom. The summed E-state index contributed by atoms with van der Waals surface area (Å²) >= 11 is 0. The van der Waals surface area contributed by atoms with Crippen molar-refractivity contribution >= 4 is 9.05 Å². The zero-order chi connectivity index (χ0) is 15.8. The summed E-state index contributed by atoms with van der Waals surface area (Å²) in [5.74, 6) is 0. The summed E-state index contributed by atoms with van der Waals surface area (Å²) in [5.41, 5.74) is 0. The predicted octanol–water partition coefficient (Wildman–Crippen LogP) is 4.69. The van der Waals surface area contributed by atoms with Crippen LogP contribution in [0.1, 0.15) is 79.1 Å². The molecule has 0 aromatic rings. The second-order valence-corrected chi connectivity index (χ2v) is 7.46. The van der Waals surface area contributed by atoms with Crippen LogP contribution in [0, 0.1) is 0 Å². The summed E-state index contributed by atoms with van der Waals surface area (Å²) in [6.07, 6.45) is 8.46. The molecular weight excluding hydrogens is 284 g/mol. The van der Waals surface area contributed by atoms with E-state index in [0.717, 1.165) is 51.4 Å². The third-order valence-electron chi connectivity index (χ3n) is 3.11. The molecule has 128 valence electrons. The van der Waals surface area contributed by atoms with Crippen molar-refractivity contribution in [3.8, 4) is 0 Å². The molecule has 0 fully saturated rings. The highest BCUT2D eigenvalue weighted by Gasteiger charge is 2.45. The molecule has 0 saturated carbocycles. The summed E-state index contributed by atoms with van der Waals surface area (Å²) in [7, 11) is -2.94. The van der Waals surface area contributed by atoms with Gasteiger partial charge in [-0.1, -0.05) is 53.4 Å². The van der Waals surface area contributed by atoms with Gasteiger partial charge in [0.1, 0.15) is 0 Å². The fourth-order valence-electron chi connectivity index (χ4n) is 1.62. The van der Waals surface area contributed by atoms with Crippen LogP contribution in [0.15, 0.2) is 0 Å². The molecule has 0 aromatic heterocycles. The Kier molecular flexibility index (Phi) is 15.0. The Balaban J connectivity index is 4.52. The maximum absolute atomic E-state index is 5.98. The third kappa shape index (κ3) is 11.3. The van der Waals surface area contributed by atoms with Gasteiger partial charge in [-0.2, -0.15) is 0 Å². The van der Waals surface area contributed by atoms with Gasteiger partial charge in [0.2, 0.25) is 0 Å². The molecule has 0 amide bonds. The largest absolute Gasteiger partial charge is 0.679 e. The van der Waals surface area contributed by atoms with E-state index < -0.39 is 9.05 Å². The van der Waals surface area contributed by atoms with Crippen molar-refractivity contribution in [2.45, 2.75) is 79.1 Å². The summed E-state index contributed by atoms with van der Waals surface area (Å²) in [5, 5.41) is 0. The van der Waals surface area contributed by atoms with Gasteiger partial charge in [-0.05, 0) is 25.7 Å². The molecule has 0 N–H and O–H groups in total. The first-order valence-electron chi connectivity index (χ1n) is 8.80. The molecule has 0 aliphatic carbocycles. The zero-order valence-electron chi connectivity index (χ0n) is 14.6. The molecule has 0 saturated heterocycles. The van der Waals surface area contributed by atoms with Crippen LogP contribution in [0.4, 0.5) is 0 Å². The third-order valence-corrected chi connectivity index (χ3v) is 5.34. The molecule has 0 heterocycles. The average molecular weight is 321 g/mol. The van der Waals surface area contributed by atoms with Gasteiger partial charge in [0, 0.05) is 26.4 Å². The van der Waals surface area contributed by atoms with Gasteiger partial charge in [-0.25, -0.2) is 0 Å². The summed E-state index contributed by atoms with van der Waals surface area (Å²) in [4.78, 5) is 0. The van der Waals surface area contributed by atoms with Crippen LogP contribution in [-0.4, -0.2) is 35.5 Å². The van der Waals surface area contributed by atoms with Crippen LogP contribution in [0.3, 0.4) is 0 Å². The molecule has 0 unspecified atom stereocenters. The molecule has 0 aliphatic rings. The molecule has 0 aromatic carbocycles. The van der Waals surface area contributed by atoms with Gasteiger partial charge in [0.05, 0.1) is 0 Å². The van der Waals surface area contributed by atoms with Gasteiger partial charge >= 0.3 is 9.05 Å². The second-order valence-electron chi connectivity index (χ2n) is 5.31. The van der Waals surface area contributed by atoms with Crippen LogP contribution in [0.25, 0.3) is 0 Å². The Labute approximate surface area is 133 Å². The number of rotatable bonds is 16. The van der Waals surface area contributed by atoms with Crippen molar-refractivity contribution in [2.24, 2.45) is 0 Å². The van der Waals surface area contributed by atoms with Gasteiger partial charge < -0.3 is 17.7 Å². The molecular formula is C16H36O4Si.